The number of unbranched alkanes of at least 4 members (excludes halogenated alkanes) is 10. The highest BCUT2D eigenvalue weighted by molar-refractivity contribution is 5.72. The fraction of sp³-hybridized carbons (Fsp3) is 0.913. The summed E-state index contributed by atoms with van der Waals surface area (Å²) in [6, 6.07) is 0. The van der Waals surface area contributed by atoms with Crippen LogP contribution >= 0.6 is 0 Å². The predicted octanol–water partition coefficient (Wildman–Crippen LogP) is 6.60. The van der Waals surface area contributed by atoms with Crippen molar-refractivity contribution in [3.8, 4) is 0 Å². The van der Waals surface area contributed by atoms with Crippen molar-refractivity contribution in [3.05, 3.63) is 0 Å². The van der Waals surface area contributed by atoms with Crippen molar-refractivity contribution in [2.24, 2.45) is 5.92 Å². The van der Waals surface area contributed by atoms with Crippen LogP contribution in [0.5, 0.6) is 0 Å². The summed E-state index contributed by atoms with van der Waals surface area (Å²) >= 11 is 0. The molecular weight excluding hydrogens is 340 g/mol. The topological polar surface area (TPSA) is 52.6 Å². The first kappa shape index (κ1) is 25.9. The number of hydrogen-bond acceptors (Lipinski definition) is 4. The Kier molecular flexibility index (Phi) is 16.4. The molecule has 0 spiro atoms. The Balaban J connectivity index is 3.29. The molecule has 0 heterocycles. The van der Waals surface area contributed by atoms with Gasteiger partial charge in [0.15, 0.2) is 0 Å². The minimum absolute atomic E-state index is 0.00211. The van der Waals surface area contributed by atoms with Gasteiger partial charge in [-0.05, 0) is 40.5 Å². The molecule has 0 fully saturated rings. The van der Waals surface area contributed by atoms with Crippen LogP contribution in [0.3, 0.4) is 0 Å². The van der Waals surface area contributed by atoms with Crippen molar-refractivity contribution < 1.29 is 19.1 Å². The molecular formula is C23H44O4. The minimum Gasteiger partial charge on any atom is -0.463 e. The predicted molar refractivity (Wildman–Crippen MR) is 112 cm³/mol. The molecule has 0 aliphatic rings. The fourth-order valence-corrected chi connectivity index (χ4v) is 3.10. The van der Waals surface area contributed by atoms with E-state index < -0.39 is 0 Å². The smallest absolute Gasteiger partial charge is 0.308 e. The highest BCUT2D eigenvalue weighted by atomic mass is 16.5. The summed E-state index contributed by atoms with van der Waals surface area (Å²) in [7, 11) is 0. The van der Waals surface area contributed by atoms with Crippen molar-refractivity contribution >= 4 is 11.9 Å². The molecule has 0 rings (SSSR count). The number of ether oxygens (including phenoxy) is 2. The van der Waals surface area contributed by atoms with E-state index in [2.05, 4.69) is 0 Å². The Bertz CT molecular complexity index is 377. The lowest BCUT2D eigenvalue weighted by atomic mass is 10.0. The van der Waals surface area contributed by atoms with Crippen LogP contribution in [-0.4, -0.2) is 24.1 Å². The Morgan fingerprint density at radius 1 is 0.593 bits per heavy atom. The zero-order chi connectivity index (χ0) is 20.5. The number of hydrogen-bond donors (Lipinski definition) is 0. The molecule has 0 bridgehead atoms. The third-order valence-electron chi connectivity index (χ3n) is 4.64. The Hall–Kier alpha value is -1.06. The molecule has 27 heavy (non-hydrogen) atoms. The summed E-state index contributed by atoms with van der Waals surface area (Å²) in [5, 5.41) is 0. The van der Waals surface area contributed by atoms with Gasteiger partial charge in [0.25, 0.3) is 0 Å². The number of esters is 2. The first-order chi connectivity index (χ1) is 12.8. The highest BCUT2D eigenvalue weighted by Crippen LogP contribution is 2.15. The molecule has 160 valence electrons. The highest BCUT2D eigenvalue weighted by Gasteiger charge is 2.14. The largest absolute Gasteiger partial charge is 0.463 e. The van der Waals surface area contributed by atoms with Gasteiger partial charge in [0.2, 0.25) is 0 Å². The molecule has 1 atom stereocenters. The summed E-state index contributed by atoms with van der Waals surface area (Å²) in [4.78, 5) is 23.1. The van der Waals surface area contributed by atoms with Crippen molar-refractivity contribution in [2.45, 2.75) is 130 Å². The van der Waals surface area contributed by atoms with Gasteiger partial charge in [0.1, 0.15) is 0 Å². The molecule has 0 amide bonds. The van der Waals surface area contributed by atoms with Gasteiger partial charge in [-0.1, -0.05) is 71.1 Å². The second-order valence-corrected chi connectivity index (χ2v) is 8.35. The summed E-state index contributed by atoms with van der Waals surface area (Å²) in [5.74, 6) is -0.0855. The number of carbonyl (C=O) groups is 2. The fourth-order valence-electron chi connectivity index (χ4n) is 3.10. The summed E-state index contributed by atoms with van der Waals surface area (Å²) in [6.45, 7) is 9.55. The molecule has 1 unspecified atom stereocenters. The van der Waals surface area contributed by atoms with Crippen LogP contribution < -0.4 is 0 Å². The molecule has 4 heteroatoms. The SMILES string of the molecule is CC(C)OC(=O)CCCCCCCCCCCCCC(C)C(=O)OC(C)C. The molecule has 0 N–H and O–H groups in total. The molecule has 0 saturated heterocycles. The summed E-state index contributed by atoms with van der Waals surface area (Å²) < 4.78 is 10.4. The summed E-state index contributed by atoms with van der Waals surface area (Å²) in [5.41, 5.74) is 0. The van der Waals surface area contributed by atoms with Crippen LogP contribution in [0.15, 0.2) is 0 Å². The van der Waals surface area contributed by atoms with Crippen LogP contribution in [0.4, 0.5) is 0 Å². The zero-order valence-corrected chi connectivity index (χ0v) is 18.6. The van der Waals surface area contributed by atoms with E-state index in [-0.39, 0.29) is 30.1 Å². The van der Waals surface area contributed by atoms with Gasteiger partial charge >= 0.3 is 11.9 Å². The van der Waals surface area contributed by atoms with Crippen molar-refractivity contribution in [1.82, 2.24) is 0 Å². The van der Waals surface area contributed by atoms with Crippen LogP contribution in [0, 0.1) is 5.92 Å². The molecule has 0 aromatic carbocycles. The molecule has 0 aliphatic heterocycles. The Labute approximate surface area is 167 Å². The van der Waals surface area contributed by atoms with Gasteiger partial charge in [0, 0.05) is 6.42 Å². The first-order valence-corrected chi connectivity index (χ1v) is 11.2. The van der Waals surface area contributed by atoms with E-state index >= 15 is 0 Å². The van der Waals surface area contributed by atoms with Gasteiger partial charge in [-0.3, -0.25) is 9.59 Å². The Morgan fingerprint density at radius 3 is 1.44 bits per heavy atom. The minimum atomic E-state index is -0.0591. The van der Waals surface area contributed by atoms with Gasteiger partial charge in [0.05, 0.1) is 18.1 Å². The second kappa shape index (κ2) is 17.1. The van der Waals surface area contributed by atoms with Crippen LogP contribution in [0.2, 0.25) is 0 Å². The number of rotatable bonds is 17. The lowest BCUT2D eigenvalue weighted by Gasteiger charge is -2.13. The molecule has 0 aromatic rings. The standard InChI is InChI=1S/C23H44O4/c1-19(2)26-22(24)18-16-14-12-10-8-6-7-9-11-13-15-17-21(5)23(25)27-20(3)4/h19-21H,6-18H2,1-5H3. The normalized spacial score (nSPS) is 12.4. The van der Waals surface area contributed by atoms with Gasteiger partial charge in [-0.25, -0.2) is 0 Å². The molecule has 0 aromatic heterocycles. The summed E-state index contributed by atoms with van der Waals surface area (Å²) in [6.07, 6.45) is 14.9. The van der Waals surface area contributed by atoms with Crippen molar-refractivity contribution in [2.75, 3.05) is 0 Å². The quantitative estimate of drug-likeness (QED) is 0.209. The monoisotopic (exact) mass is 384 g/mol. The average Bonchev–Trinajstić information content (AvgIpc) is 2.57. The van der Waals surface area contributed by atoms with Crippen molar-refractivity contribution in [3.63, 3.8) is 0 Å². The Morgan fingerprint density at radius 2 is 1.00 bits per heavy atom. The van der Waals surface area contributed by atoms with Gasteiger partial charge < -0.3 is 9.47 Å². The van der Waals surface area contributed by atoms with E-state index in [0.717, 1.165) is 25.7 Å². The van der Waals surface area contributed by atoms with E-state index in [1.165, 1.54) is 51.4 Å². The number of carbonyl (C=O) groups excluding carboxylic acids is 2. The average molecular weight is 385 g/mol. The maximum atomic E-state index is 11.7. The van der Waals surface area contributed by atoms with E-state index in [9.17, 15) is 9.59 Å². The van der Waals surface area contributed by atoms with Gasteiger partial charge in [-0.15, -0.1) is 0 Å². The van der Waals surface area contributed by atoms with Crippen LogP contribution in [0.1, 0.15) is 118 Å². The third kappa shape index (κ3) is 18.1. The van der Waals surface area contributed by atoms with E-state index in [1.54, 1.807) is 0 Å². The molecule has 0 saturated carbocycles. The second-order valence-electron chi connectivity index (χ2n) is 8.35. The third-order valence-corrected chi connectivity index (χ3v) is 4.64. The van der Waals surface area contributed by atoms with Gasteiger partial charge in [-0.2, -0.15) is 0 Å². The maximum absolute atomic E-state index is 11.7. The molecule has 4 nitrogen and oxygen atoms in total. The van der Waals surface area contributed by atoms with E-state index in [0.29, 0.717) is 6.42 Å². The van der Waals surface area contributed by atoms with Crippen LogP contribution in [-0.2, 0) is 19.1 Å². The lowest BCUT2D eigenvalue weighted by Crippen LogP contribution is -2.18. The maximum Gasteiger partial charge on any atom is 0.308 e. The van der Waals surface area contributed by atoms with Crippen molar-refractivity contribution in [1.29, 1.82) is 0 Å². The van der Waals surface area contributed by atoms with E-state index in [4.69, 9.17) is 9.47 Å². The lowest BCUT2D eigenvalue weighted by molar-refractivity contribution is -0.152. The van der Waals surface area contributed by atoms with E-state index in [1.807, 2.05) is 34.6 Å². The molecule has 0 aliphatic carbocycles. The van der Waals surface area contributed by atoms with Crippen LogP contribution in [0.25, 0.3) is 0 Å². The molecule has 0 radical (unpaired) electrons. The first-order valence-electron chi connectivity index (χ1n) is 11.2. The zero-order valence-electron chi connectivity index (χ0n) is 18.6.